The molecule has 2 aromatic carbocycles. The molecule has 6 rings (SSSR count). The van der Waals surface area contributed by atoms with E-state index in [1.807, 2.05) is 24.3 Å². The molecule has 0 saturated heterocycles. The van der Waals surface area contributed by atoms with Crippen molar-refractivity contribution in [2.45, 2.75) is 50.4 Å². The number of rotatable bonds is 6. The molecule has 0 heterocycles. The molecule has 0 aliphatic heterocycles. The molecule has 0 amide bonds. The monoisotopic (exact) mass is 410 g/mol. The van der Waals surface area contributed by atoms with Crippen molar-refractivity contribution in [1.29, 1.82) is 0 Å². The van der Waals surface area contributed by atoms with Gasteiger partial charge in [0.25, 0.3) is 0 Å². The molecule has 0 spiro atoms. The molecule has 0 N–H and O–H groups in total. The first-order valence-corrected chi connectivity index (χ1v) is 11.4. The number of carbonyl (C=O) groups excluding carboxylic acids is 1. The van der Waals surface area contributed by atoms with Gasteiger partial charge in [0.2, 0.25) is 0 Å². The van der Waals surface area contributed by atoms with Crippen LogP contribution in [0.5, 0.6) is 0 Å². The summed E-state index contributed by atoms with van der Waals surface area (Å²) in [7, 11) is 0. The molecule has 4 atom stereocenters. The second kappa shape index (κ2) is 5.86. The first kappa shape index (κ1) is 17.5. The number of benzene rings is 2. The Bertz CT molecular complexity index is 864. The largest absolute Gasteiger partial charge is 0.298 e. The van der Waals surface area contributed by atoms with Crippen molar-refractivity contribution in [2.75, 3.05) is 0 Å². The van der Waals surface area contributed by atoms with Crippen LogP contribution in [0.15, 0.2) is 48.5 Å². The molecule has 4 aliphatic carbocycles. The van der Waals surface area contributed by atoms with Crippen LogP contribution in [0.3, 0.4) is 0 Å². The zero-order chi connectivity index (χ0) is 19.1. The van der Waals surface area contributed by atoms with E-state index in [1.54, 1.807) is 0 Å². The SMILES string of the molecule is O=C(C1(C2CC2)CC1c1ccc(Cl)cc1)C1(C2CC2)CC1c1ccc(Cl)cc1. The van der Waals surface area contributed by atoms with Gasteiger partial charge >= 0.3 is 0 Å². The quantitative estimate of drug-likeness (QED) is 0.499. The average molecular weight is 411 g/mol. The van der Waals surface area contributed by atoms with Crippen molar-refractivity contribution >= 4 is 29.0 Å². The lowest BCUT2D eigenvalue weighted by Crippen LogP contribution is -2.32. The maximum absolute atomic E-state index is 14.2. The number of Topliss-reactive ketones (excluding diaryl/α,β-unsaturated/α-hetero) is 1. The fourth-order valence-electron chi connectivity index (χ4n) is 6.18. The minimum Gasteiger partial charge on any atom is -0.298 e. The number of hydrogen-bond acceptors (Lipinski definition) is 1. The predicted octanol–water partition coefficient (Wildman–Crippen LogP) is 7.03. The third-order valence-corrected chi connectivity index (χ3v) is 8.51. The fourth-order valence-corrected chi connectivity index (χ4v) is 6.44. The number of carbonyl (C=O) groups is 1. The maximum atomic E-state index is 14.2. The third kappa shape index (κ3) is 2.48. The van der Waals surface area contributed by atoms with Crippen molar-refractivity contribution in [3.8, 4) is 0 Å². The highest BCUT2D eigenvalue weighted by molar-refractivity contribution is 6.30. The Morgan fingerprint density at radius 3 is 1.36 bits per heavy atom. The summed E-state index contributed by atoms with van der Waals surface area (Å²) in [5, 5.41) is 1.54. The van der Waals surface area contributed by atoms with Gasteiger partial charge in [0, 0.05) is 20.9 Å². The maximum Gasteiger partial charge on any atom is 0.146 e. The Morgan fingerprint density at radius 1 is 0.679 bits per heavy atom. The smallest absolute Gasteiger partial charge is 0.146 e. The fraction of sp³-hybridized carbons (Fsp3) is 0.480. The third-order valence-electron chi connectivity index (χ3n) is 8.01. The van der Waals surface area contributed by atoms with E-state index in [1.165, 1.54) is 36.8 Å². The van der Waals surface area contributed by atoms with Crippen molar-refractivity contribution in [1.82, 2.24) is 0 Å². The van der Waals surface area contributed by atoms with Crippen LogP contribution in [0.1, 0.15) is 61.5 Å². The molecule has 0 bridgehead atoms. The molecule has 4 aliphatic rings. The van der Waals surface area contributed by atoms with Crippen molar-refractivity contribution in [3.05, 3.63) is 69.7 Å². The van der Waals surface area contributed by atoms with Gasteiger partial charge in [-0.05, 0) is 97.6 Å². The Labute approximate surface area is 176 Å². The summed E-state index contributed by atoms with van der Waals surface area (Å²) < 4.78 is 0. The van der Waals surface area contributed by atoms with Gasteiger partial charge < -0.3 is 0 Å². The topological polar surface area (TPSA) is 17.1 Å². The lowest BCUT2D eigenvalue weighted by atomic mass is 9.76. The number of hydrogen-bond donors (Lipinski definition) is 0. The minimum absolute atomic E-state index is 0.0996. The van der Waals surface area contributed by atoms with Crippen LogP contribution < -0.4 is 0 Å². The van der Waals surface area contributed by atoms with Crippen LogP contribution >= 0.6 is 23.2 Å². The van der Waals surface area contributed by atoms with Crippen molar-refractivity contribution in [3.63, 3.8) is 0 Å². The van der Waals surface area contributed by atoms with E-state index in [0.29, 0.717) is 29.5 Å². The average Bonchev–Trinajstić information content (AvgIpc) is 3.55. The summed E-state index contributed by atoms with van der Waals surface area (Å²) in [4.78, 5) is 14.2. The Kier molecular flexibility index (Phi) is 3.67. The molecule has 1 nitrogen and oxygen atoms in total. The van der Waals surface area contributed by atoms with Crippen LogP contribution in [0.4, 0.5) is 0 Å². The summed E-state index contributed by atoms with van der Waals surface area (Å²) in [6.07, 6.45) is 6.98. The summed E-state index contributed by atoms with van der Waals surface area (Å²) >= 11 is 12.2. The van der Waals surface area contributed by atoms with Crippen molar-refractivity contribution < 1.29 is 4.79 Å². The second-order valence-electron chi connectivity index (χ2n) is 9.57. The zero-order valence-electron chi connectivity index (χ0n) is 15.8. The summed E-state index contributed by atoms with van der Waals surface area (Å²) in [6.45, 7) is 0. The first-order valence-electron chi connectivity index (χ1n) is 10.6. The molecule has 4 saturated carbocycles. The lowest BCUT2D eigenvalue weighted by molar-refractivity contribution is -0.131. The standard InChI is InChI=1S/C25H24Cl2O/c26-19-9-1-15(2-10-19)21-13-24(21,17-5-6-17)23(28)25(18-7-8-18)14-22(25)16-3-11-20(27)12-4-16/h1-4,9-12,17-18,21-22H,5-8,13-14H2. The zero-order valence-corrected chi connectivity index (χ0v) is 17.3. The molecule has 0 radical (unpaired) electrons. The predicted molar refractivity (Wildman–Crippen MR) is 113 cm³/mol. The molecule has 28 heavy (non-hydrogen) atoms. The van der Waals surface area contributed by atoms with E-state index in [4.69, 9.17) is 23.2 Å². The molecular formula is C25H24Cl2O. The van der Waals surface area contributed by atoms with Gasteiger partial charge in [-0.15, -0.1) is 0 Å². The highest BCUT2D eigenvalue weighted by Crippen LogP contribution is 2.79. The molecule has 4 fully saturated rings. The summed E-state index contributed by atoms with van der Waals surface area (Å²) in [5.41, 5.74) is 2.41. The molecule has 4 unspecified atom stereocenters. The van der Waals surface area contributed by atoms with Crippen LogP contribution in [0.2, 0.25) is 10.0 Å². The van der Waals surface area contributed by atoms with Gasteiger partial charge in [-0.3, -0.25) is 4.79 Å². The number of halogens is 2. The van der Waals surface area contributed by atoms with Crippen LogP contribution in [0, 0.1) is 22.7 Å². The Morgan fingerprint density at radius 2 is 1.04 bits per heavy atom. The Hall–Kier alpha value is -1.31. The van der Waals surface area contributed by atoms with Gasteiger partial charge in [0.1, 0.15) is 5.78 Å². The molecule has 144 valence electrons. The van der Waals surface area contributed by atoms with Crippen LogP contribution in [0.25, 0.3) is 0 Å². The van der Waals surface area contributed by atoms with Crippen molar-refractivity contribution in [2.24, 2.45) is 22.7 Å². The van der Waals surface area contributed by atoms with Crippen LogP contribution in [-0.4, -0.2) is 5.78 Å². The second-order valence-corrected chi connectivity index (χ2v) is 10.4. The summed E-state index contributed by atoms with van der Waals surface area (Å²) in [6, 6.07) is 16.4. The van der Waals surface area contributed by atoms with Gasteiger partial charge in [0.05, 0.1) is 0 Å². The van der Waals surface area contributed by atoms with E-state index in [9.17, 15) is 4.79 Å². The van der Waals surface area contributed by atoms with Gasteiger partial charge in [-0.1, -0.05) is 47.5 Å². The normalized spacial score (nSPS) is 36.2. The van der Waals surface area contributed by atoms with Gasteiger partial charge in [-0.2, -0.15) is 0 Å². The van der Waals surface area contributed by atoms with E-state index < -0.39 is 0 Å². The van der Waals surface area contributed by atoms with E-state index in [-0.39, 0.29) is 10.8 Å². The first-order chi connectivity index (χ1) is 13.6. The lowest BCUT2D eigenvalue weighted by Gasteiger charge is -2.25. The van der Waals surface area contributed by atoms with Gasteiger partial charge in [0.15, 0.2) is 0 Å². The molecule has 2 aromatic rings. The molecule has 3 heteroatoms. The summed E-state index contributed by atoms with van der Waals surface area (Å²) in [5.74, 6) is 2.59. The molecular weight excluding hydrogens is 387 g/mol. The highest BCUT2D eigenvalue weighted by Gasteiger charge is 2.77. The van der Waals surface area contributed by atoms with Gasteiger partial charge in [-0.25, -0.2) is 0 Å². The van der Waals surface area contributed by atoms with E-state index in [0.717, 1.165) is 22.9 Å². The Balaban J connectivity index is 1.34. The molecule has 0 aromatic heterocycles. The number of ketones is 1. The minimum atomic E-state index is -0.0996. The highest BCUT2D eigenvalue weighted by atomic mass is 35.5. The van der Waals surface area contributed by atoms with Crippen LogP contribution in [-0.2, 0) is 4.79 Å². The van der Waals surface area contributed by atoms with E-state index in [2.05, 4.69) is 24.3 Å². The van der Waals surface area contributed by atoms with E-state index >= 15 is 0 Å².